The minimum atomic E-state index is -0.617. The van der Waals surface area contributed by atoms with Gasteiger partial charge in [0.05, 0.1) is 31.4 Å². The molecule has 2 aromatic rings. The number of thioether (sulfide) groups is 1. The molecular formula is C22H21NO5S. The molecule has 1 aliphatic rings. The van der Waals surface area contributed by atoms with E-state index in [0.717, 1.165) is 0 Å². The third-order valence-corrected chi connectivity index (χ3v) is 5.10. The van der Waals surface area contributed by atoms with Gasteiger partial charge >= 0.3 is 5.97 Å². The predicted molar refractivity (Wildman–Crippen MR) is 115 cm³/mol. The van der Waals surface area contributed by atoms with Gasteiger partial charge in [-0.1, -0.05) is 42.1 Å². The largest absolute Gasteiger partial charge is 0.506 e. The summed E-state index contributed by atoms with van der Waals surface area (Å²) < 4.78 is 15.9. The highest BCUT2D eigenvalue weighted by molar-refractivity contribution is 8.18. The number of carbonyl (C=O) groups excluding carboxylic acids is 1. The number of aliphatic imine (C=N–C) groups is 1. The number of aliphatic hydroxyl groups excluding tert-OH is 1. The number of methoxy groups -OCH3 is 2. The Balaban J connectivity index is 2.09. The van der Waals surface area contributed by atoms with Crippen LogP contribution >= 0.6 is 11.8 Å². The molecule has 0 unspecified atom stereocenters. The highest BCUT2D eigenvalue weighted by atomic mass is 32.2. The summed E-state index contributed by atoms with van der Waals surface area (Å²) in [4.78, 5) is 17.5. The maximum absolute atomic E-state index is 12.5. The molecule has 3 rings (SSSR count). The third kappa shape index (κ3) is 4.46. The van der Waals surface area contributed by atoms with E-state index in [4.69, 9.17) is 14.2 Å². The molecule has 1 aliphatic heterocycles. The van der Waals surface area contributed by atoms with Gasteiger partial charge in [-0.05, 0) is 31.2 Å². The smallest absolute Gasteiger partial charge is 0.344 e. The Bertz CT molecular complexity index is 996. The molecule has 6 nitrogen and oxygen atoms in total. The van der Waals surface area contributed by atoms with Crippen LogP contribution in [0.4, 0.5) is 5.69 Å². The summed E-state index contributed by atoms with van der Waals surface area (Å²) in [6.45, 7) is 1.91. The maximum atomic E-state index is 12.5. The van der Waals surface area contributed by atoms with Crippen LogP contribution < -0.4 is 9.47 Å². The van der Waals surface area contributed by atoms with Crippen LogP contribution in [0.15, 0.2) is 69.8 Å². The van der Waals surface area contributed by atoms with E-state index < -0.39 is 5.97 Å². The first-order chi connectivity index (χ1) is 14.1. The number of ether oxygens (including phenoxy) is 3. The van der Waals surface area contributed by atoms with Crippen LogP contribution in [0.1, 0.15) is 12.5 Å². The van der Waals surface area contributed by atoms with E-state index in [1.165, 1.54) is 11.8 Å². The SMILES string of the molecule is CCOC(=O)C1=C(O)C(=Cc2cccc(OC)c2OC)SC1=Nc1ccccc1. The number of para-hydroxylation sites is 2. The lowest BCUT2D eigenvalue weighted by molar-refractivity contribution is -0.138. The van der Waals surface area contributed by atoms with Crippen LogP contribution in [0.5, 0.6) is 11.5 Å². The molecule has 2 aromatic carbocycles. The number of carbonyl (C=O) groups is 1. The van der Waals surface area contributed by atoms with E-state index in [1.807, 2.05) is 42.5 Å². The first-order valence-electron chi connectivity index (χ1n) is 8.94. The van der Waals surface area contributed by atoms with Crippen LogP contribution in [0, 0.1) is 0 Å². The number of nitrogens with zero attached hydrogens (tertiary/aromatic N) is 1. The number of hydrogen-bond acceptors (Lipinski definition) is 7. The number of esters is 1. The maximum Gasteiger partial charge on any atom is 0.344 e. The van der Waals surface area contributed by atoms with Gasteiger partial charge in [0, 0.05) is 5.56 Å². The summed E-state index contributed by atoms with van der Waals surface area (Å²) in [6, 6.07) is 14.7. The van der Waals surface area contributed by atoms with E-state index in [0.29, 0.717) is 32.7 Å². The summed E-state index contributed by atoms with van der Waals surface area (Å²) >= 11 is 1.19. The normalized spacial score (nSPS) is 16.4. The molecule has 0 saturated heterocycles. The molecule has 0 bridgehead atoms. The molecule has 1 heterocycles. The second kappa shape index (κ2) is 9.34. The Kier molecular flexibility index (Phi) is 6.61. The molecule has 150 valence electrons. The number of hydrogen-bond donors (Lipinski definition) is 1. The van der Waals surface area contributed by atoms with Crippen LogP contribution in [-0.2, 0) is 9.53 Å². The molecule has 29 heavy (non-hydrogen) atoms. The fourth-order valence-corrected chi connectivity index (χ4v) is 3.80. The van der Waals surface area contributed by atoms with E-state index in [2.05, 4.69) is 4.99 Å². The summed E-state index contributed by atoms with van der Waals surface area (Å²) in [5, 5.41) is 11.2. The highest BCUT2D eigenvalue weighted by Gasteiger charge is 2.33. The number of aliphatic hydroxyl groups is 1. The second-order valence-electron chi connectivity index (χ2n) is 5.89. The molecule has 0 spiro atoms. The van der Waals surface area contributed by atoms with Crippen molar-refractivity contribution in [2.45, 2.75) is 6.92 Å². The Hall–Kier alpha value is -3.19. The predicted octanol–water partition coefficient (Wildman–Crippen LogP) is 4.90. The van der Waals surface area contributed by atoms with Gasteiger partial charge in [-0.15, -0.1) is 0 Å². The monoisotopic (exact) mass is 411 g/mol. The Morgan fingerprint density at radius 1 is 1.10 bits per heavy atom. The summed E-state index contributed by atoms with van der Waals surface area (Å²) in [6.07, 6.45) is 1.73. The van der Waals surface area contributed by atoms with E-state index in [9.17, 15) is 9.90 Å². The van der Waals surface area contributed by atoms with E-state index >= 15 is 0 Å². The van der Waals surface area contributed by atoms with Crippen molar-refractivity contribution in [3.05, 3.63) is 70.3 Å². The summed E-state index contributed by atoms with van der Waals surface area (Å²) in [5.74, 6) is 0.306. The third-order valence-electron chi connectivity index (χ3n) is 4.08. The topological polar surface area (TPSA) is 77.4 Å². The number of benzene rings is 2. The van der Waals surface area contributed by atoms with Crippen LogP contribution in [-0.4, -0.2) is 36.9 Å². The van der Waals surface area contributed by atoms with Crippen molar-refractivity contribution >= 4 is 34.5 Å². The fraction of sp³-hybridized carbons (Fsp3) is 0.182. The van der Waals surface area contributed by atoms with Gasteiger partial charge in [-0.2, -0.15) is 0 Å². The Morgan fingerprint density at radius 3 is 2.52 bits per heavy atom. The first-order valence-corrected chi connectivity index (χ1v) is 9.76. The molecule has 0 fully saturated rings. The van der Waals surface area contributed by atoms with Crippen LogP contribution in [0.3, 0.4) is 0 Å². The van der Waals surface area contributed by atoms with Crippen molar-refractivity contribution in [1.29, 1.82) is 0 Å². The van der Waals surface area contributed by atoms with Crippen molar-refractivity contribution in [2.24, 2.45) is 4.99 Å². The first kappa shape index (κ1) is 20.5. The molecule has 1 N–H and O–H groups in total. The van der Waals surface area contributed by atoms with Gasteiger partial charge in [0.15, 0.2) is 11.5 Å². The van der Waals surface area contributed by atoms with Crippen LogP contribution in [0.25, 0.3) is 6.08 Å². The molecule has 0 radical (unpaired) electrons. The van der Waals surface area contributed by atoms with Crippen molar-refractivity contribution in [3.63, 3.8) is 0 Å². The molecule has 0 amide bonds. The average molecular weight is 411 g/mol. The lowest BCUT2D eigenvalue weighted by Gasteiger charge is -2.10. The molecule has 0 atom stereocenters. The van der Waals surface area contributed by atoms with Gasteiger partial charge in [0.2, 0.25) is 0 Å². The quantitative estimate of drug-likeness (QED) is 0.682. The zero-order valence-corrected chi connectivity index (χ0v) is 17.2. The van der Waals surface area contributed by atoms with Crippen LogP contribution in [0.2, 0.25) is 0 Å². The highest BCUT2D eigenvalue weighted by Crippen LogP contribution is 2.42. The van der Waals surface area contributed by atoms with Crippen molar-refractivity contribution in [1.82, 2.24) is 0 Å². The molecule has 7 heteroatoms. The molecule has 0 aliphatic carbocycles. The van der Waals surface area contributed by atoms with E-state index in [1.54, 1.807) is 33.3 Å². The molecular weight excluding hydrogens is 390 g/mol. The van der Waals surface area contributed by atoms with Crippen molar-refractivity contribution in [3.8, 4) is 11.5 Å². The minimum absolute atomic E-state index is 0.0498. The van der Waals surface area contributed by atoms with Crippen molar-refractivity contribution in [2.75, 3.05) is 20.8 Å². The standard InChI is InChI=1S/C22H21NO5S/c1-4-28-22(25)18-19(24)17(29-21(18)23-15-10-6-5-7-11-15)13-14-9-8-12-16(26-2)20(14)27-3/h5-13,24H,4H2,1-3H3. The zero-order valence-electron chi connectivity index (χ0n) is 16.3. The number of rotatable bonds is 6. The Labute approximate surface area is 173 Å². The lowest BCUT2D eigenvalue weighted by atomic mass is 10.1. The summed E-state index contributed by atoms with van der Waals surface area (Å²) in [5.41, 5.74) is 1.42. The van der Waals surface area contributed by atoms with Crippen molar-refractivity contribution < 1.29 is 24.1 Å². The van der Waals surface area contributed by atoms with Gasteiger partial charge < -0.3 is 19.3 Å². The van der Waals surface area contributed by atoms with Gasteiger partial charge in [-0.25, -0.2) is 9.79 Å². The minimum Gasteiger partial charge on any atom is -0.506 e. The molecule has 0 saturated carbocycles. The van der Waals surface area contributed by atoms with Gasteiger partial charge in [0.25, 0.3) is 0 Å². The summed E-state index contributed by atoms with van der Waals surface area (Å²) in [7, 11) is 3.10. The molecule has 0 aromatic heterocycles. The van der Waals surface area contributed by atoms with Gasteiger partial charge in [-0.3, -0.25) is 0 Å². The fourth-order valence-electron chi connectivity index (χ4n) is 2.78. The average Bonchev–Trinajstić information content (AvgIpc) is 3.03. The van der Waals surface area contributed by atoms with Gasteiger partial charge in [0.1, 0.15) is 16.4 Å². The van der Waals surface area contributed by atoms with E-state index in [-0.39, 0.29) is 17.9 Å². The Morgan fingerprint density at radius 2 is 1.86 bits per heavy atom. The zero-order chi connectivity index (χ0) is 20.8. The second-order valence-corrected chi connectivity index (χ2v) is 6.92. The lowest BCUT2D eigenvalue weighted by Crippen LogP contribution is -2.12.